The van der Waals surface area contributed by atoms with E-state index < -0.39 is 17.4 Å². The first-order valence-electron chi connectivity index (χ1n) is 7.53. The molecular formula is C19H15NO5. The molecule has 2 amide bonds. The van der Waals surface area contributed by atoms with Crippen molar-refractivity contribution in [2.45, 2.75) is 6.92 Å². The van der Waals surface area contributed by atoms with Crippen molar-refractivity contribution in [3.05, 3.63) is 64.5 Å². The van der Waals surface area contributed by atoms with Gasteiger partial charge in [-0.1, -0.05) is 18.2 Å². The van der Waals surface area contributed by atoms with Crippen molar-refractivity contribution in [1.29, 1.82) is 0 Å². The van der Waals surface area contributed by atoms with Gasteiger partial charge in [0.2, 0.25) is 5.91 Å². The zero-order valence-electron chi connectivity index (χ0n) is 13.7. The Kier molecular flexibility index (Phi) is 4.35. The first-order valence-corrected chi connectivity index (χ1v) is 7.53. The molecule has 0 bridgehead atoms. The van der Waals surface area contributed by atoms with Crippen LogP contribution >= 0.6 is 0 Å². The highest BCUT2D eigenvalue weighted by Crippen LogP contribution is 2.30. The molecule has 1 aromatic heterocycles. The van der Waals surface area contributed by atoms with Crippen LogP contribution in [0.3, 0.4) is 0 Å². The fourth-order valence-corrected chi connectivity index (χ4v) is 2.54. The summed E-state index contributed by atoms with van der Waals surface area (Å²) in [6.07, 6.45) is 0. The van der Waals surface area contributed by atoms with Crippen molar-refractivity contribution in [3.63, 3.8) is 0 Å². The van der Waals surface area contributed by atoms with Crippen molar-refractivity contribution in [2.24, 2.45) is 0 Å². The molecule has 25 heavy (non-hydrogen) atoms. The van der Waals surface area contributed by atoms with E-state index in [1.165, 1.54) is 26.2 Å². The molecule has 0 atom stereocenters. The Morgan fingerprint density at radius 1 is 1.04 bits per heavy atom. The fourth-order valence-electron chi connectivity index (χ4n) is 2.54. The van der Waals surface area contributed by atoms with Gasteiger partial charge in [-0.05, 0) is 30.3 Å². The predicted octanol–water partition coefficient (Wildman–Crippen LogP) is 2.74. The molecule has 0 fully saturated rings. The second-order valence-electron chi connectivity index (χ2n) is 5.41. The Morgan fingerprint density at radius 3 is 2.52 bits per heavy atom. The Morgan fingerprint density at radius 2 is 1.80 bits per heavy atom. The summed E-state index contributed by atoms with van der Waals surface area (Å²) < 4.78 is 10.7. The number of para-hydroxylation sites is 1. The molecule has 6 nitrogen and oxygen atoms in total. The SMILES string of the molecule is COc1cc(C(=O)NC(C)=O)ccc1-c1cc2ccccc2oc1=O. The Labute approximate surface area is 143 Å². The number of imide groups is 1. The van der Waals surface area contributed by atoms with Gasteiger partial charge in [0.1, 0.15) is 11.3 Å². The number of fused-ring (bicyclic) bond motifs is 1. The molecule has 0 aliphatic heterocycles. The summed E-state index contributed by atoms with van der Waals surface area (Å²) in [7, 11) is 1.44. The van der Waals surface area contributed by atoms with E-state index in [0.717, 1.165) is 5.39 Å². The van der Waals surface area contributed by atoms with Crippen molar-refractivity contribution in [1.82, 2.24) is 5.32 Å². The number of benzene rings is 2. The van der Waals surface area contributed by atoms with Crippen LogP contribution in [0.1, 0.15) is 17.3 Å². The summed E-state index contributed by atoms with van der Waals surface area (Å²) in [5.74, 6) is -0.662. The lowest BCUT2D eigenvalue weighted by Crippen LogP contribution is -2.27. The topological polar surface area (TPSA) is 85.6 Å². The number of hydrogen-bond donors (Lipinski definition) is 1. The van der Waals surface area contributed by atoms with E-state index in [4.69, 9.17) is 9.15 Å². The molecule has 2 aromatic carbocycles. The van der Waals surface area contributed by atoms with Crippen LogP contribution in [0.4, 0.5) is 0 Å². The Bertz CT molecular complexity index is 1040. The maximum Gasteiger partial charge on any atom is 0.344 e. The van der Waals surface area contributed by atoms with Crippen LogP contribution in [-0.4, -0.2) is 18.9 Å². The van der Waals surface area contributed by atoms with Gasteiger partial charge < -0.3 is 9.15 Å². The molecule has 0 saturated heterocycles. The highest BCUT2D eigenvalue weighted by Gasteiger charge is 2.16. The van der Waals surface area contributed by atoms with E-state index in [2.05, 4.69) is 5.32 Å². The predicted molar refractivity (Wildman–Crippen MR) is 92.6 cm³/mol. The van der Waals surface area contributed by atoms with Gasteiger partial charge >= 0.3 is 5.63 Å². The number of carbonyl (C=O) groups is 2. The average Bonchev–Trinajstić information content (AvgIpc) is 2.60. The number of carbonyl (C=O) groups excluding carboxylic acids is 2. The van der Waals surface area contributed by atoms with Gasteiger partial charge in [-0.15, -0.1) is 0 Å². The van der Waals surface area contributed by atoms with Gasteiger partial charge in [0.25, 0.3) is 5.91 Å². The van der Waals surface area contributed by atoms with Crippen LogP contribution in [0, 0.1) is 0 Å². The second-order valence-corrected chi connectivity index (χ2v) is 5.41. The van der Waals surface area contributed by atoms with Crippen molar-refractivity contribution in [3.8, 4) is 16.9 Å². The quantitative estimate of drug-likeness (QED) is 0.743. The highest BCUT2D eigenvalue weighted by molar-refractivity contribution is 6.04. The van der Waals surface area contributed by atoms with Crippen LogP contribution in [0.15, 0.2) is 57.7 Å². The minimum atomic E-state index is -0.539. The lowest BCUT2D eigenvalue weighted by Gasteiger charge is -2.10. The van der Waals surface area contributed by atoms with E-state index in [1.54, 1.807) is 24.3 Å². The van der Waals surface area contributed by atoms with Gasteiger partial charge in [0.05, 0.1) is 12.7 Å². The van der Waals surface area contributed by atoms with Gasteiger partial charge in [-0.25, -0.2) is 4.79 Å². The minimum absolute atomic E-state index is 0.251. The fraction of sp³-hybridized carbons (Fsp3) is 0.105. The molecule has 0 unspecified atom stereocenters. The summed E-state index contributed by atoms with van der Waals surface area (Å²) >= 11 is 0. The third kappa shape index (κ3) is 3.28. The molecule has 0 aliphatic rings. The average molecular weight is 337 g/mol. The maximum absolute atomic E-state index is 12.3. The maximum atomic E-state index is 12.3. The molecule has 0 radical (unpaired) electrons. The van der Waals surface area contributed by atoms with Crippen LogP contribution in [0.5, 0.6) is 5.75 Å². The zero-order chi connectivity index (χ0) is 18.0. The molecule has 0 aliphatic carbocycles. The number of amides is 2. The summed E-state index contributed by atoms with van der Waals surface area (Å²) in [5.41, 5.74) is 1.07. The molecule has 126 valence electrons. The molecule has 0 saturated carbocycles. The molecule has 6 heteroatoms. The van der Waals surface area contributed by atoms with E-state index in [-0.39, 0.29) is 5.56 Å². The van der Waals surface area contributed by atoms with E-state index in [9.17, 15) is 14.4 Å². The summed E-state index contributed by atoms with van der Waals surface area (Å²) in [5, 5.41) is 2.97. The van der Waals surface area contributed by atoms with Gasteiger partial charge in [0.15, 0.2) is 0 Å². The number of ether oxygens (including phenoxy) is 1. The zero-order valence-corrected chi connectivity index (χ0v) is 13.7. The second kappa shape index (κ2) is 6.60. The monoisotopic (exact) mass is 337 g/mol. The number of nitrogens with one attached hydrogen (secondary N) is 1. The van der Waals surface area contributed by atoms with Crippen LogP contribution < -0.4 is 15.7 Å². The van der Waals surface area contributed by atoms with Gasteiger partial charge in [-0.2, -0.15) is 0 Å². The molecule has 3 rings (SSSR count). The van der Waals surface area contributed by atoms with Crippen LogP contribution in [0.2, 0.25) is 0 Å². The summed E-state index contributed by atoms with van der Waals surface area (Å²) in [6, 6.07) is 13.5. The number of methoxy groups -OCH3 is 1. The van der Waals surface area contributed by atoms with Gasteiger partial charge in [-0.3, -0.25) is 14.9 Å². The lowest BCUT2D eigenvalue weighted by atomic mass is 10.0. The smallest absolute Gasteiger partial charge is 0.344 e. The highest BCUT2D eigenvalue weighted by atomic mass is 16.5. The Balaban J connectivity index is 2.11. The largest absolute Gasteiger partial charge is 0.496 e. The molecule has 3 aromatic rings. The van der Waals surface area contributed by atoms with E-state index >= 15 is 0 Å². The molecule has 1 N–H and O–H groups in total. The molecular weight excluding hydrogens is 322 g/mol. The molecule has 0 spiro atoms. The third-order valence-corrected chi connectivity index (χ3v) is 3.68. The first-order chi connectivity index (χ1) is 12.0. The van der Waals surface area contributed by atoms with Gasteiger partial charge in [0, 0.05) is 23.4 Å². The normalized spacial score (nSPS) is 10.5. The van der Waals surface area contributed by atoms with Crippen molar-refractivity contribution >= 4 is 22.8 Å². The molecule has 1 heterocycles. The third-order valence-electron chi connectivity index (χ3n) is 3.68. The lowest BCUT2D eigenvalue weighted by molar-refractivity contribution is -0.118. The van der Waals surface area contributed by atoms with Crippen LogP contribution in [-0.2, 0) is 4.79 Å². The van der Waals surface area contributed by atoms with E-state index in [0.29, 0.717) is 22.5 Å². The van der Waals surface area contributed by atoms with Crippen molar-refractivity contribution < 1.29 is 18.7 Å². The summed E-state index contributed by atoms with van der Waals surface area (Å²) in [4.78, 5) is 35.3. The first kappa shape index (κ1) is 16.4. The summed E-state index contributed by atoms with van der Waals surface area (Å²) in [6.45, 7) is 1.25. The number of rotatable bonds is 3. The Hall–Kier alpha value is -3.41. The van der Waals surface area contributed by atoms with Crippen molar-refractivity contribution in [2.75, 3.05) is 7.11 Å². The standard InChI is InChI=1S/C19H15NO5/c1-11(21)20-18(22)13-7-8-14(17(10-13)24-2)15-9-12-5-3-4-6-16(12)25-19(15)23/h3-10H,1-2H3,(H,20,21,22). The number of hydrogen-bond acceptors (Lipinski definition) is 5. The minimum Gasteiger partial charge on any atom is -0.496 e. The van der Waals surface area contributed by atoms with E-state index in [1.807, 2.05) is 12.1 Å². The van der Waals surface area contributed by atoms with Crippen LogP contribution in [0.25, 0.3) is 22.1 Å².